The molecule has 0 amide bonds. The van der Waals surface area contributed by atoms with E-state index in [9.17, 15) is 0 Å². The quantitative estimate of drug-likeness (QED) is 0.189. The molecule has 0 aliphatic rings. The van der Waals surface area contributed by atoms with Crippen molar-refractivity contribution in [3.05, 3.63) is 96.1 Å². The van der Waals surface area contributed by atoms with Gasteiger partial charge in [-0.25, -0.2) is 0 Å². The Morgan fingerprint density at radius 2 is 0.750 bits per heavy atom. The summed E-state index contributed by atoms with van der Waals surface area (Å²) in [5, 5.41) is 11.0. The maximum absolute atomic E-state index is 2.55. The first kappa shape index (κ1) is 22.5. The van der Waals surface area contributed by atoms with Gasteiger partial charge in [0, 0.05) is 43.1 Å². The Balaban J connectivity index is 1.69. The zero-order valence-electron chi connectivity index (χ0n) is 24.0. The van der Waals surface area contributed by atoms with E-state index in [4.69, 9.17) is 0 Å². The maximum Gasteiger partial charge on any atom is 0.0634 e. The lowest BCUT2D eigenvalue weighted by atomic mass is 9.85. The van der Waals surface area contributed by atoms with Gasteiger partial charge in [0.15, 0.2) is 0 Å². The number of fused-ring (bicyclic) bond motifs is 14. The lowest BCUT2D eigenvalue weighted by Gasteiger charge is -2.19. The molecular weight excluding hydrogens is 484 g/mol. The Hall–Kier alpha value is -4.30. The van der Waals surface area contributed by atoms with Gasteiger partial charge in [0.2, 0.25) is 0 Å². The van der Waals surface area contributed by atoms with Crippen molar-refractivity contribution in [3.8, 4) is 0 Å². The summed E-state index contributed by atoms with van der Waals surface area (Å²) in [5.74, 6) is 0. The summed E-state index contributed by atoms with van der Waals surface area (Å²) in [7, 11) is 0. The molecule has 40 heavy (non-hydrogen) atoms. The normalized spacial score (nSPS) is 13.8. The molecule has 0 saturated heterocycles. The lowest BCUT2D eigenvalue weighted by Crippen LogP contribution is -2.10. The Bertz CT molecular complexity index is 2310. The molecule has 9 rings (SSSR count). The fraction of sp³-hybridized carbons (Fsp3) is 0.211. The van der Waals surface area contributed by atoms with E-state index in [1.165, 1.54) is 87.3 Å². The molecule has 0 bridgehead atoms. The van der Waals surface area contributed by atoms with E-state index >= 15 is 0 Å². The molecule has 0 spiro atoms. The predicted molar refractivity (Wildman–Crippen MR) is 173 cm³/mol. The zero-order chi connectivity index (χ0) is 27.3. The topological polar surface area (TPSA) is 8.82 Å². The number of nitrogens with zero attached hydrogens (tertiary/aromatic N) is 2. The molecular formula is C38H32N2. The van der Waals surface area contributed by atoms with Crippen molar-refractivity contribution in [1.29, 1.82) is 0 Å². The van der Waals surface area contributed by atoms with Crippen LogP contribution in [0.3, 0.4) is 0 Å². The van der Waals surface area contributed by atoms with Crippen LogP contribution >= 0.6 is 0 Å². The van der Waals surface area contributed by atoms with E-state index in [-0.39, 0.29) is 10.8 Å². The first-order valence-corrected chi connectivity index (χ1v) is 14.5. The van der Waals surface area contributed by atoms with Crippen molar-refractivity contribution < 1.29 is 0 Å². The summed E-state index contributed by atoms with van der Waals surface area (Å²) in [6.45, 7) is 13.9. The molecule has 0 aliphatic heterocycles. The number of hydrogen-bond donors (Lipinski definition) is 0. The molecule has 4 heterocycles. The van der Waals surface area contributed by atoms with Gasteiger partial charge in [0.1, 0.15) is 0 Å². The molecule has 5 aromatic carbocycles. The van der Waals surface area contributed by atoms with Gasteiger partial charge < -0.3 is 8.80 Å². The number of aromatic nitrogens is 2. The largest absolute Gasteiger partial charge is 0.308 e. The van der Waals surface area contributed by atoms with Gasteiger partial charge >= 0.3 is 0 Å². The fourth-order valence-electron chi connectivity index (χ4n) is 7.52. The predicted octanol–water partition coefficient (Wildman–Crippen LogP) is 10.6. The SMILES string of the molecule is CC(C)(C)c1ccc2c(c1)c1c3c4ccccc4n4c5ccc(C(C)(C)C)cc5c(c5c6ccccc6n2c51)c34. The summed E-state index contributed by atoms with van der Waals surface area (Å²) in [5.41, 5.74) is 10.8. The summed E-state index contributed by atoms with van der Waals surface area (Å²) >= 11 is 0. The number of hydrogen-bond acceptors (Lipinski definition) is 0. The van der Waals surface area contributed by atoms with Crippen LogP contribution in [-0.4, -0.2) is 8.80 Å². The molecule has 194 valence electrons. The van der Waals surface area contributed by atoms with Gasteiger partial charge in [-0.05, 0) is 58.4 Å². The van der Waals surface area contributed by atoms with Gasteiger partial charge in [0.25, 0.3) is 0 Å². The van der Waals surface area contributed by atoms with Gasteiger partial charge in [-0.1, -0.05) is 90.1 Å². The smallest absolute Gasteiger partial charge is 0.0634 e. The average molecular weight is 517 g/mol. The van der Waals surface area contributed by atoms with E-state index in [1.54, 1.807) is 0 Å². The second kappa shape index (κ2) is 6.88. The molecule has 0 unspecified atom stereocenters. The molecule has 0 radical (unpaired) electrons. The van der Waals surface area contributed by atoms with E-state index < -0.39 is 0 Å². The Labute approximate surface area is 233 Å². The summed E-state index contributed by atoms with van der Waals surface area (Å²) < 4.78 is 5.10. The molecule has 0 fully saturated rings. The molecule has 0 atom stereocenters. The van der Waals surface area contributed by atoms with Crippen LogP contribution < -0.4 is 0 Å². The molecule has 0 aliphatic carbocycles. The van der Waals surface area contributed by atoms with Crippen LogP contribution in [0.25, 0.3) is 76.2 Å². The van der Waals surface area contributed by atoms with Crippen molar-refractivity contribution >= 4 is 76.2 Å². The van der Waals surface area contributed by atoms with Gasteiger partial charge in [-0.15, -0.1) is 0 Å². The van der Waals surface area contributed by atoms with Crippen molar-refractivity contribution in [2.24, 2.45) is 0 Å². The monoisotopic (exact) mass is 516 g/mol. The van der Waals surface area contributed by atoms with Crippen molar-refractivity contribution in [2.45, 2.75) is 52.4 Å². The zero-order valence-corrected chi connectivity index (χ0v) is 24.0. The van der Waals surface area contributed by atoms with Crippen molar-refractivity contribution in [1.82, 2.24) is 8.80 Å². The minimum absolute atomic E-state index is 0.0775. The number of benzene rings is 5. The first-order chi connectivity index (χ1) is 19.1. The van der Waals surface area contributed by atoms with E-state index in [2.05, 4.69) is 135 Å². The maximum atomic E-state index is 2.55. The van der Waals surface area contributed by atoms with Crippen LogP contribution in [0.4, 0.5) is 0 Å². The van der Waals surface area contributed by atoms with E-state index in [0.29, 0.717) is 0 Å². The van der Waals surface area contributed by atoms with Crippen LogP contribution in [0.5, 0.6) is 0 Å². The van der Waals surface area contributed by atoms with E-state index in [0.717, 1.165) is 0 Å². The standard InChI is InChI=1S/C38H32N2/c1-37(2,3)21-15-17-29-25(19-21)33-31-23-11-7-10-14-28(23)40-30-18-16-22(38(4,5)6)20-26(30)34(36(31)40)32-24-12-8-9-13-27(24)39(29)35(32)33/h7-20H,1-6H3. The summed E-state index contributed by atoms with van der Waals surface area (Å²) in [6, 6.07) is 32.4. The second-order valence-corrected chi connectivity index (χ2v) is 13.9. The van der Waals surface area contributed by atoms with Crippen molar-refractivity contribution in [3.63, 3.8) is 0 Å². The molecule has 9 aromatic rings. The second-order valence-electron chi connectivity index (χ2n) is 13.9. The first-order valence-electron chi connectivity index (χ1n) is 14.5. The van der Waals surface area contributed by atoms with Crippen LogP contribution in [0.1, 0.15) is 52.7 Å². The summed E-state index contributed by atoms with van der Waals surface area (Å²) in [4.78, 5) is 0. The average Bonchev–Trinajstić information content (AvgIpc) is 3.63. The minimum Gasteiger partial charge on any atom is -0.308 e. The van der Waals surface area contributed by atoms with E-state index in [1.807, 2.05) is 0 Å². The Kier molecular flexibility index (Phi) is 3.87. The number of para-hydroxylation sites is 2. The molecule has 0 N–H and O–H groups in total. The summed E-state index contributed by atoms with van der Waals surface area (Å²) in [6.07, 6.45) is 0. The van der Waals surface area contributed by atoms with Crippen LogP contribution in [0.2, 0.25) is 0 Å². The minimum atomic E-state index is 0.0775. The highest BCUT2D eigenvalue weighted by atomic mass is 14.9. The lowest BCUT2D eigenvalue weighted by molar-refractivity contribution is 0.591. The molecule has 2 heteroatoms. The molecule has 0 saturated carbocycles. The third-order valence-corrected chi connectivity index (χ3v) is 9.47. The van der Waals surface area contributed by atoms with Gasteiger partial charge in [0.05, 0.1) is 33.1 Å². The van der Waals surface area contributed by atoms with Crippen molar-refractivity contribution in [2.75, 3.05) is 0 Å². The highest BCUT2D eigenvalue weighted by Crippen LogP contribution is 2.52. The fourth-order valence-corrected chi connectivity index (χ4v) is 7.52. The third-order valence-electron chi connectivity index (χ3n) is 9.47. The van der Waals surface area contributed by atoms with Crippen LogP contribution in [0.15, 0.2) is 84.9 Å². The van der Waals surface area contributed by atoms with Crippen LogP contribution in [0, 0.1) is 0 Å². The van der Waals surface area contributed by atoms with Gasteiger partial charge in [-0.2, -0.15) is 0 Å². The highest BCUT2D eigenvalue weighted by molar-refractivity contribution is 6.45. The van der Waals surface area contributed by atoms with Crippen LogP contribution in [-0.2, 0) is 10.8 Å². The number of rotatable bonds is 0. The Morgan fingerprint density at radius 1 is 0.400 bits per heavy atom. The molecule has 4 aromatic heterocycles. The Morgan fingerprint density at radius 3 is 1.15 bits per heavy atom. The third kappa shape index (κ3) is 2.51. The highest BCUT2D eigenvalue weighted by Gasteiger charge is 2.29. The van der Waals surface area contributed by atoms with Gasteiger partial charge in [-0.3, -0.25) is 0 Å². The molecule has 2 nitrogen and oxygen atoms in total.